The number of aromatic nitrogens is 4. The van der Waals surface area contributed by atoms with E-state index in [1.54, 1.807) is 17.9 Å². The zero-order valence-corrected chi connectivity index (χ0v) is 17.5. The van der Waals surface area contributed by atoms with Crippen molar-refractivity contribution in [2.45, 2.75) is 30.5 Å². The summed E-state index contributed by atoms with van der Waals surface area (Å²) < 4.78 is 0. The lowest BCUT2D eigenvalue weighted by Gasteiger charge is -2.37. The summed E-state index contributed by atoms with van der Waals surface area (Å²) >= 11 is 12.6. The summed E-state index contributed by atoms with van der Waals surface area (Å²) in [5.74, 6) is -3.64. The second-order valence-corrected chi connectivity index (χ2v) is 9.51. The van der Waals surface area contributed by atoms with Gasteiger partial charge in [-0.25, -0.2) is 10.00 Å². The van der Waals surface area contributed by atoms with Gasteiger partial charge in [0.05, 0.1) is 28.1 Å². The van der Waals surface area contributed by atoms with E-state index in [0.29, 0.717) is 16.3 Å². The fourth-order valence-corrected chi connectivity index (χ4v) is 6.44. The summed E-state index contributed by atoms with van der Waals surface area (Å²) in [7, 11) is 0. The number of nitrogens with one attached hydrogen (secondary N) is 2. The molecular weight excluding hydrogens is 449 g/mol. The molecule has 13 heteroatoms. The number of fused-ring (bicyclic) bond motifs is 7. The molecule has 4 unspecified atom stereocenters. The van der Waals surface area contributed by atoms with Crippen LogP contribution in [0.25, 0.3) is 0 Å². The number of aromatic amines is 1. The molecule has 3 N–H and O–H groups in total. The molecule has 0 aliphatic carbocycles. The van der Waals surface area contributed by atoms with Crippen LogP contribution in [-0.2, 0) is 19.9 Å². The van der Waals surface area contributed by atoms with Crippen molar-refractivity contribution in [2.24, 2.45) is 11.8 Å². The average Bonchev–Trinajstić information content (AvgIpc) is 3.44. The standard InChI is InChI=1S/C18H15Cl2N7O4/c1-17(31)4-9-10-11(14(29)27(13(10)28)16-22-24-25-23-16)18(26(9)5-17)7-2-6(19)3-8(20)12(7)21-15(18)30/h2-3,9-11,31H,4-5H2,1H3,(H,21,30)(H,22,23,24,25)/t9?,10?,11?,17-,18?/m0/s1. The zero-order chi connectivity index (χ0) is 21.9. The molecule has 5 atom stereocenters. The molecule has 1 aromatic heterocycles. The second-order valence-electron chi connectivity index (χ2n) is 8.67. The summed E-state index contributed by atoms with van der Waals surface area (Å²) in [5, 5.41) is 27.2. The lowest BCUT2D eigenvalue weighted by Crippen LogP contribution is -2.55. The molecule has 0 bridgehead atoms. The maximum absolute atomic E-state index is 13.6. The lowest BCUT2D eigenvalue weighted by atomic mass is 9.74. The molecule has 4 aliphatic rings. The molecular formula is C18H15Cl2N7O4. The molecule has 2 aromatic rings. The first kappa shape index (κ1) is 19.1. The van der Waals surface area contributed by atoms with Crippen molar-refractivity contribution >= 4 is 52.6 Å². The third-order valence-corrected chi connectivity index (χ3v) is 7.34. The molecule has 0 radical (unpaired) electrons. The van der Waals surface area contributed by atoms with Crippen molar-refractivity contribution in [1.82, 2.24) is 25.5 Å². The van der Waals surface area contributed by atoms with E-state index in [1.807, 2.05) is 0 Å². The number of H-pyrrole nitrogens is 1. The van der Waals surface area contributed by atoms with Gasteiger partial charge in [-0.1, -0.05) is 28.3 Å². The zero-order valence-electron chi connectivity index (χ0n) is 16.0. The van der Waals surface area contributed by atoms with Crippen LogP contribution in [0.1, 0.15) is 18.9 Å². The Morgan fingerprint density at radius 1 is 1.23 bits per heavy atom. The van der Waals surface area contributed by atoms with Crippen molar-refractivity contribution < 1.29 is 19.5 Å². The highest BCUT2D eigenvalue weighted by molar-refractivity contribution is 6.38. The van der Waals surface area contributed by atoms with E-state index in [9.17, 15) is 19.5 Å². The minimum atomic E-state index is -1.55. The van der Waals surface area contributed by atoms with Gasteiger partial charge in [0, 0.05) is 23.2 Å². The van der Waals surface area contributed by atoms with Gasteiger partial charge in [0.15, 0.2) is 0 Å². The molecule has 1 aromatic carbocycles. The van der Waals surface area contributed by atoms with E-state index in [2.05, 4.69) is 25.9 Å². The van der Waals surface area contributed by atoms with Crippen LogP contribution in [0.3, 0.4) is 0 Å². The Kier molecular flexibility index (Phi) is 3.57. The highest BCUT2D eigenvalue weighted by Crippen LogP contribution is 2.62. The van der Waals surface area contributed by atoms with E-state index >= 15 is 0 Å². The number of amides is 3. The summed E-state index contributed by atoms with van der Waals surface area (Å²) in [4.78, 5) is 43.3. The third kappa shape index (κ3) is 2.16. The number of anilines is 2. The number of nitrogens with zero attached hydrogens (tertiary/aromatic N) is 5. The molecule has 3 amide bonds. The maximum atomic E-state index is 13.6. The first-order valence-electron chi connectivity index (χ1n) is 9.58. The second kappa shape index (κ2) is 5.80. The quantitative estimate of drug-likeness (QED) is 0.512. The predicted molar refractivity (Wildman–Crippen MR) is 106 cm³/mol. The van der Waals surface area contributed by atoms with Crippen molar-refractivity contribution in [1.29, 1.82) is 0 Å². The normalized spacial score (nSPS) is 36.3. The number of rotatable bonds is 1. The number of halogens is 2. The maximum Gasteiger partial charge on any atom is 0.256 e. The van der Waals surface area contributed by atoms with Crippen LogP contribution >= 0.6 is 23.2 Å². The summed E-state index contributed by atoms with van der Waals surface area (Å²) in [6.45, 7) is 1.75. The van der Waals surface area contributed by atoms with E-state index < -0.39 is 46.7 Å². The van der Waals surface area contributed by atoms with Gasteiger partial charge in [0.25, 0.3) is 11.9 Å². The molecule has 3 saturated heterocycles. The number of hydrogen-bond donors (Lipinski definition) is 3. The van der Waals surface area contributed by atoms with Gasteiger partial charge in [-0.2, -0.15) is 0 Å². The van der Waals surface area contributed by atoms with Crippen LogP contribution in [-0.4, -0.2) is 66.5 Å². The molecule has 6 rings (SSSR count). The topological polar surface area (TPSA) is 144 Å². The number of hydrogen-bond acceptors (Lipinski definition) is 8. The van der Waals surface area contributed by atoms with Gasteiger partial charge in [0.1, 0.15) is 5.54 Å². The Balaban J connectivity index is 1.62. The Morgan fingerprint density at radius 3 is 2.71 bits per heavy atom. The summed E-state index contributed by atoms with van der Waals surface area (Å²) in [5.41, 5.74) is -1.93. The van der Waals surface area contributed by atoms with Gasteiger partial charge < -0.3 is 10.4 Å². The van der Waals surface area contributed by atoms with Crippen LogP contribution in [0.5, 0.6) is 0 Å². The van der Waals surface area contributed by atoms with Crippen molar-refractivity contribution in [3.8, 4) is 0 Å². The number of benzene rings is 1. The van der Waals surface area contributed by atoms with Gasteiger partial charge >= 0.3 is 0 Å². The highest BCUT2D eigenvalue weighted by atomic mass is 35.5. The van der Waals surface area contributed by atoms with E-state index in [-0.39, 0.29) is 23.9 Å². The molecule has 11 nitrogen and oxygen atoms in total. The van der Waals surface area contributed by atoms with Gasteiger partial charge in [-0.05, 0) is 35.9 Å². The Bertz CT molecular complexity index is 1190. The number of aliphatic hydroxyl groups is 1. The van der Waals surface area contributed by atoms with Crippen molar-refractivity contribution in [3.63, 3.8) is 0 Å². The van der Waals surface area contributed by atoms with Crippen molar-refractivity contribution in [3.05, 3.63) is 27.7 Å². The fourth-order valence-electron chi connectivity index (χ4n) is 5.90. The van der Waals surface area contributed by atoms with Crippen LogP contribution < -0.4 is 10.2 Å². The van der Waals surface area contributed by atoms with Crippen LogP contribution in [0.15, 0.2) is 12.1 Å². The van der Waals surface area contributed by atoms with E-state index in [1.165, 1.54) is 6.07 Å². The SMILES string of the molecule is C[C@]1(O)CC2C3C(=O)N(c4nnn[nH]4)C(=O)C3C3(C(=O)Nc4c(Cl)cc(Cl)cc43)N2C1. The number of carbonyl (C=O) groups is 3. The van der Waals surface area contributed by atoms with Crippen molar-refractivity contribution in [2.75, 3.05) is 16.8 Å². The smallest absolute Gasteiger partial charge is 0.256 e. The van der Waals surface area contributed by atoms with Gasteiger partial charge in [-0.3, -0.25) is 19.3 Å². The van der Waals surface area contributed by atoms with E-state index in [0.717, 1.165) is 4.90 Å². The first-order valence-corrected chi connectivity index (χ1v) is 10.3. The van der Waals surface area contributed by atoms with Crippen LogP contribution in [0.4, 0.5) is 11.6 Å². The molecule has 31 heavy (non-hydrogen) atoms. The monoisotopic (exact) mass is 463 g/mol. The Labute approximate surface area is 184 Å². The summed E-state index contributed by atoms with van der Waals surface area (Å²) in [6.07, 6.45) is 0.217. The number of tetrazole rings is 1. The van der Waals surface area contributed by atoms with Crippen LogP contribution in [0.2, 0.25) is 10.0 Å². The van der Waals surface area contributed by atoms with Gasteiger partial charge in [-0.15, -0.1) is 0 Å². The molecule has 1 spiro atoms. The minimum Gasteiger partial charge on any atom is -0.389 e. The lowest BCUT2D eigenvalue weighted by molar-refractivity contribution is -0.136. The Morgan fingerprint density at radius 2 is 2.00 bits per heavy atom. The first-order chi connectivity index (χ1) is 14.7. The minimum absolute atomic E-state index is 0.103. The molecule has 160 valence electrons. The molecule has 5 heterocycles. The van der Waals surface area contributed by atoms with Gasteiger partial charge in [0.2, 0.25) is 11.8 Å². The largest absolute Gasteiger partial charge is 0.389 e. The fraction of sp³-hybridized carbons (Fsp3) is 0.444. The molecule has 0 saturated carbocycles. The predicted octanol–water partition coefficient (Wildman–Crippen LogP) is 0.299. The summed E-state index contributed by atoms with van der Waals surface area (Å²) in [6, 6.07) is 2.54. The number of carbonyl (C=O) groups excluding carboxylic acids is 3. The average molecular weight is 464 g/mol. The third-order valence-electron chi connectivity index (χ3n) is 6.83. The molecule has 4 aliphatic heterocycles. The molecule has 3 fully saturated rings. The highest BCUT2D eigenvalue weighted by Gasteiger charge is 2.76. The van der Waals surface area contributed by atoms with E-state index in [4.69, 9.17) is 23.2 Å². The number of imide groups is 1. The van der Waals surface area contributed by atoms with Crippen LogP contribution in [0, 0.1) is 11.8 Å². The Hall–Kier alpha value is -2.60.